The predicted molar refractivity (Wildman–Crippen MR) is 110 cm³/mol. The molecule has 0 atom stereocenters. The molecule has 1 aromatic carbocycles. The molecule has 0 unspecified atom stereocenters. The second-order valence-electron chi connectivity index (χ2n) is 6.43. The fraction of sp³-hybridized carbons (Fsp3) is 0.0952. The van der Waals surface area contributed by atoms with Crippen LogP contribution in [-0.4, -0.2) is 24.7 Å². The van der Waals surface area contributed by atoms with E-state index in [4.69, 9.17) is 0 Å². The van der Waals surface area contributed by atoms with Crippen LogP contribution in [0.4, 0.5) is 0 Å². The minimum atomic E-state index is -0.0987. The summed E-state index contributed by atoms with van der Waals surface area (Å²) in [7, 11) is 0. The number of hydrogen-bond acceptors (Lipinski definition) is 6. The quantitative estimate of drug-likeness (QED) is 0.472. The van der Waals surface area contributed by atoms with Gasteiger partial charge in [0.25, 0.3) is 5.56 Å². The summed E-state index contributed by atoms with van der Waals surface area (Å²) in [5, 5.41) is 8.08. The van der Waals surface area contributed by atoms with Crippen molar-refractivity contribution in [3.8, 4) is 11.1 Å². The molecule has 0 bridgehead atoms. The zero-order chi connectivity index (χ0) is 18.9. The van der Waals surface area contributed by atoms with E-state index in [1.54, 1.807) is 18.6 Å². The van der Waals surface area contributed by atoms with Crippen LogP contribution < -0.4 is 5.56 Å². The topological polar surface area (TPSA) is 73.6 Å². The van der Waals surface area contributed by atoms with Crippen molar-refractivity contribution in [3.63, 3.8) is 0 Å². The van der Waals surface area contributed by atoms with E-state index in [1.807, 2.05) is 35.7 Å². The van der Waals surface area contributed by atoms with Crippen LogP contribution in [0.1, 0.15) is 5.69 Å². The van der Waals surface area contributed by atoms with Crippen molar-refractivity contribution in [2.75, 3.05) is 0 Å². The van der Waals surface area contributed by atoms with Crippen molar-refractivity contribution < 1.29 is 0 Å². The van der Waals surface area contributed by atoms with Gasteiger partial charge < -0.3 is 0 Å². The summed E-state index contributed by atoms with van der Waals surface area (Å²) in [6.45, 7) is 0.473. The second-order valence-corrected chi connectivity index (χ2v) is 7.35. The van der Waals surface area contributed by atoms with Gasteiger partial charge in [-0.1, -0.05) is 24.3 Å². The van der Waals surface area contributed by atoms with Crippen LogP contribution in [0, 0.1) is 0 Å². The number of aryl methyl sites for hydroxylation is 2. The summed E-state index contributed by atoms with van der Waals surface area (Å²) in [5.41, 5.74) is 3.48. The lowest BCUT2D eigenvalue weighted by molar-refractivity contribution is 0.580. The highest BCUT2D eigenvalue weighted by Crippen LogP contribution is 2.30. The number of aromatic nitrogens is 5. The van der Waals surface area contributed by atoms with Gasteiger partial charge >= 0.3 is 0 Å². The molecule has 7 heteroatoms. The molecule has 0 radical (unpaired) electrons. The molecular weight excluding hydrogens is 370 g/mol. The van der Waals surface area contributed by atoms with Crippen molar-refractivity contribution in [1.29, 1.82) is 0 Å². The third kappa shape index (κ3) is 2.95. The molecule has 4 heterocycles. The Labute approximate surface area is 164 Å². The van der Waals surface area contributed by atoms with Gasteiger partial charge in [-0.15, -0.1) is 11.3 Å². The first-order valence-electron chi connectivity index (χ1n) is 8.87. The average molecular weight is 385 g/mol. The van der Waals surface area contributed by atoms with Gasteiger partial charge in [-0.2, -0.15) is 5.10 Å². The summed E-state index contributed by atoms with van der Waals surface area (Å²) < 4.78 is 2.38. The molecule has 0 amide bonds. The van der Waals surface area contributed by atoms with Gasteiger partial charge in [-0.05, 0) is 12.1 Å². The smallest absolute Gasteiger partial charge is 0.267 e. The van der Waals surface area contributed by atoms with Gasteiger partial charge in [0.1, 0.15) is 6.33 Å². The zero-order valence-electron chi connectivity index (χ0n) is 14.8. The van der Waals surface area contributed by atoms with Gasteiger partial charge in [0.15, 0.2) is 0 Å². The summed E-state index contributed by atoms with van der Waals surface area (Å²) in [6.07, 6.45) is 7.31. The molecule has 0 spiro atoms. The first-order valence-corrected chi connectivity index (χ1v) is 9.75. The Kier molecular flexibility index (Phi) is 4.14. The van der Waals surface area contributed by atoms with E-state index >= 15 is 0 Å². The summed E-state index contributed by atoms with van der Waals surface area (Å²) >= 11 is 1.50. The lowest BCUT2D eigenvalue weighted by Gasteiger charge is -2.06. The summed E-state index contributed by atoms with van der Waals surface area (Å²) in [4.78, 5) is 25.9. The van der Waals surface area contributed by atoms with E-state index in [1.165, 1.54) is 22.3 Å². The number of fused-ring (bicyclic) bond motifs is 2. The molecule has 0 aliphatic heterocycles. The van der Waals surface area contributed by atoms with Crippen molar-refractivity contribution in [2.24, 2.45) is 0 Å². The molecule has 136 valence electrons. The Morgan fingerprint density at radius 1 is 1.00 bits per heavy atom. The highest BCUT2D eigenvalue weighted by atomic mass is 32.1. The Bertz CT molecular complexity index is 1340. The number of thiophene rings is 1. The van der Waals surface area contributed by atoms with Crippen LogP contribution in [0.2, 0.25) is 0 Å². The van der Waals surface area contributed by atoms with Gasteiger partial charge in [0.2, 0.25) is 0 Å². The standard InChI is InChI=1S/C21H15N5OS/c27-21-20-17(15-9-22-13-23-10-15)12-28-19(20)11-24-26(21)8-7-16-6-5-14-3-1-2-4-18(14)25-16/h1-6,9-13H,7-8H2. The molecule has 0 saturated carbocycles. The van der Waals surface area contributed by atoms with E-state index in [0.717, 1.165) is 32.4 Å². The van der Waals surface area contributed by atoms with E-state index in [-0.39, 0.29) is 5.56 Å². The van der Waals surface area contributed by atoms with Crippen molar-refractivity contribution in [2.45, 2.75) is 13.0 Å². The Morgan fingerprint density at radius 2 is 1.86 bits per heavy atom. The highest BCUT2D eigenvalue weighted by Gasteiger charge is 2.13. The van der Waals surface area contributed by atoms with Crippen molar-refractivity contribution in [1.82, 2.24) is 24.7 Å². The molecule has 0 saturated heterocycles. The molecule has 0 aliphatic rings. The SMILES string of the molecule is O=c1c2c(-c3cncnc3)csc2cnn1CCc1ccc2ccccc2n1. The zero-order valence-corrected chi connectivity index (χ0v) is 15.6. The number of hydrogen-bond donors (Lipinski definition) is 0. The number of para-hydroxylation sites is 1. The maximum Gasteiger partial charge on any atom is 0.276 e. The molecule has 0 aliphatic carbocycles. The minimum Gasteiger partial charge on any atom is -0.267 e. The van der Waals surface area contributed by atoms with Crippen LogP contribution >= 0.6 is 11.3 Å². The van der Waals surface area contributed by atoms with Crippen LogP contribution in [-0.2, 0) is 13.0 Å². The van der Waals surface area contributed by atoms with E-state index < -0.39 is 0 Å². The average Bonchev–Trinajstić information content (AvgIpc) is 3.19. The summed E-state index contributed by atoms with van der Waals surface area (Å²) in [6, 6.07) is 12.1. The number of nitrogens with zero attached hydrogens (tertiary/aromatic N) is 5. The first kappa shape index (κ1) is 16.7. The third-order valence-corrected chi connectivity index (χ3v) is 5.61. The number of benzene rings is 1. The maximum atomic E-state index is 13.1. The maximum absolute atomic E-state index is 13.1. The van der Waals surface area contributed by atoms with E-state index in [0.29, 0.717) is 18.4 Å². The van der Waals surface area contributed by atoms with Crippen LogP contribution in [0.15, 0.2) is 71.5 Å². The fourth-order valence-electron chi connectivity index (χ4n) is 3.27. The molecule has 6 nitrogen and oxygen atoms in total. The van der Waals surface area contributed by atoms with Gasteiger partial charge in [-0.3, -0.25) is 9.78 Å². The first-order chi connectivity index (χ1) is 13.8. The molecule has 5 rings (SSSR count). The fourth-order valence-corrected chi connectivity index (χ4v) is 4.19. The molecule has 5 aromatic rings. The minimum absolute atomic E-state index is 0.0987. The predicted octanol–water partition coefficient (Wildman–Crippen LogP) is 3.71. The highest BCUT2D eigenvalue weighted by molar-refractivity contribution is 7.17. The molecule has 0 fully saturated rings. The van der Waals surface area contributed by atoms with Gasteiger partial charge in [0.05, 0.1) is 28.3 Å². The lowest BCUT2D eigenvalue weighted by atomic mass is 10.1. The second kappa shape index (κ2) is 6.94. The Morgan fingerprint density at radius 3 is 2.75 bits per heavy atom. The van der Waals surface area contributed by atoms with Gasteiger partial charge in [-0.25, -0.2) is 14.6 Å². The van der Waals surface area contributed by atoms with Gasteiger partial charge in [0, 0.05) is 46.4 Å². The molecule has 0 N–H and O–H groups in total. The molecule has 4 aromatic heterocycles. The van der Waals surface area contributed by atoms with Crippen molar-refractivity contribution in [3.05, 3.63) is 82.7 Å². The Hall–Kier alpha value is -3.45. The molecular formula is C21H15N5OS. The molecule has 28 heavy (non-hydrogen) atoms. The third-order valence-electron chi connectivity index (χ3n) is 4.69. The number of pyridine rings is 1. The van der Waals surface area contributed by atoms with Crippen LogP contribution in [0.5, 0.6) is 0 Å². The largest absolute Gasteiger partial charge is 0.276 e. The lowest BCUT2D eigenvalue weighted by Crippen LogP contribution is -2.23. The normalized spacial score (nSPS) is 11.3. The van der Waals surface area contributed by atoms with Crippen LogP contribution in [0.3, 0.4) is 0 Å². The van der Waals surface area contributed by atoms with E-state index in [9.17, 15) is 4.79 Å². The van der Waals surface area contributed by atoms with Crippen molar-refractivity contribution >= 4 is 32.3 Å². The number of rotatable bonds is 4. The Balaban J connectivity index is 1.49. The van der Waals surface area contributed by atoms with Crippen LogP contribution in [0.25, 0.3) is 32.1 Å². The van der Waals surface area contributed by atoms with E-state index in [2.05, 4.69) is 26.1 Å². The summed E-state index contributed by atoms with van der Waals surface area (Å²) in [5.74, 6) is 0. The monoisotopic (exact) mass is 385 g/mol.